The second-order valence-electron chi connectivity index (χ2n) is 7.09. The average Bonchev–Trinajstić information content (AvgIpc) is 3.23. The zero-order chi connectivity index (χ0) is 17.4. The summed E-state index contributed by atoms with van der Waals surface area (Å²) in [6.07, 6.45) is 5.34. The lowest BCUT2D eigenvalue weighted by Gasteiger charge is -2.20. The van der Waals surface area contributed by atoms with Crippen molar-refractivity contribution in [2.45, 2.75) is 32.1 Å². The van der Waals surface area contributed by atoms with Gasteiger partial charge in [0.1, 0.15) is 0 Å². The highest BCUT2D eigenvalue weighted by atomic mass is 16.2. The quantitative estimate of drug-likeness (QED) is 0.737. The van der Waals surface area contributed by atoms with Crippen LogP contribution in [-0.2, 0) is 4.79 Å². The predicted octanol–water partition coefficient (Wildman–Crippen LogP) is 1.51. The predicted molar refractivity (Wildman–Crippen MR) is 91.5 cm³/mol. The van der Waals surface area contributed by atoms with Crippen LogP contribution < -0.4 is 16.4 Å². The molecular weight excluding hydrogens is 320 g/mol. The Hall–Kier alpha value is -2.70. The van der Waals surface area contributed by atoms with Crippen LogP contribution in [0, 0.1) is 17.8 Å². The molecule has 0 aliphatic heterocycles. The molecule has 0 unspecified atom stereocenters. The number of nitrogens with one attached hydrogen (secondary N) is 3. The van der Waals surface area contributed by atoms with Gasteiger partial charge < -0.3 is 0 Å². The molecular formula is C18H20N4O3. The van der Waals surface area contributed by atoms with Gasteiger partial charge in [0.2, 0.25) is 5.91 Å². The van der Waals surface area contributed by atoms with Crippen LogP contribution in [-0.4, -0.2) is 22.0 Å². The highest BCUT2D eigenvalue weighted by Crippen LogP contribution is 2.49. The Bertz CT molecular complexity index is 891. The van der Waals surface area contributed by atoms with Gasteiger partial charge in [0.05, 0.1) is 5.39 Å². The minimum atomic E-state index is -0.547. The Morgan fingerprint density at radius 1 is 1.12 bits per heavy atom. The van der Waals surface area contributed by atoms with Crippen molar-refractivity contribution < 1.29 is 9.59 Å². The summed E-state index contributed by atoms with van der Waals surface area (Å²) in [5, 5.41) is 6.96. The molecule has 4 rings (SSSR count). The first kappa shape index (κ1) is 15.8. The van der Waals surface area contributed by atoms with Crippen molar-refractivity contribution in [3.8, 4) is 0 Å². The van der Waals surface area contributed by atoms with Crippen molar-refractivity contribution >= 4 is 22.6 Å². The van der Waals surface area contributed by atoms with Gasteiger partial charge >= 0.3 is 0 Å². The molecule has 2 fully saturated rings. The summed E-state index contributed by atoms with van der Waals surface area (Å²) in [5.74, 6) is 1.15. The monoisotopic (exact) mass is 340 g/mol. The number of nitrogens with zero attached hydrogens (tertiary/aromatic N) is 1. The number of hydrogen-bond donors (Lipinski definition) is 3. The van der Waals surface area contributed by atoms with Crippen LogP contribution in [0.4, 0.5) is 0 Å². The maximum atomic E-state index is 12.3. The zero-order valence-electron chi connectivity index (χ0n) is 13.7. The molecule has 25 heavy (non-hydrogen) atoms. The number of H-pyrrole nitrogens is 1. The lowest BCUT2D eigenvalue weighted by Crippen LogP contribution is -2.43. The first-order chi connectivity index (χ1) is 12.1. The van der Waals surface area contributed by atoms with Gasteiger partial charge in [0.25, 0.3) is 11.5 Å². The summed E-state index contributed by atoms with van der Waals surface area (Å²) in [4.78, 5) is 36.2. The van der Waals surface area contributed by atoms with Crippen LogP contribution in [0.5, 0.6) is 0 Å². The molecule has 0 spiro atoms. The van der Waals surface area contributed by atoms with E-state index in [0.717, 1.165) is 12.3 Å². The molecule has 2 saturated carbocycles. The Labute approximate surface area is 144 Å². The summed E-state index contributed by atoms with van der Waals surface area (Å²) < 4.78 is 0. The molecule has 7 heteroatoms. The normalized spacial score (nSPS) is 24.4. The Kier molecular flexibility index (Phi) is 3.99. The van der Waals surface area contributed by atoms with Crippen LogP contribution in [0.3, 0.4) is 0 Å². The van der Waals surface area contributed by atoms with Gasteiger partial charge in [0, 0.05) is 11.8 Å². The largest absolute Gasteiger partial charge is 0.290 e. The topological polar surface area (TPSA) is 104 Å². The number of benzene rings is 1. The van der Waals surface area contributed by atoms with E-state index in [-0.39, 0.29) is 17.2 Å². The third-order valence-electron chi connectivity index (χ3n) is 5.56. The Morgan fingerprint density at radius 2 is 1.92 bits per heavy atom. The molecule has 1 heterocycles. The van der Waals surface area contributed by atoms with Gasteiger partial charge in [-0.15, -0.1) is 0 Å². The van der Waals surface area contributed by atoms with E-state index in [9.17, 15) is 14.4 Å². The average molecular weight is 340 g/mol. The van der Waals surface area contributed by atoms with Crippen LogP contribution in [0.15, 0.2) is 29.1 Å². The molecule has 1 aromatic heterocycles. The van der Waals surface area contributed by atoms with Crippen LogP contribution in [0.25, 0.3) is 10.8 Å². The summed E-state index contributed by atoms with van der Waals surface area (Å²) >= 11 is 0. The fraction of sp³-hybridized carbons (Fsp3) is 0.444. The maximum absolute atomic E-state index is 12.3. The van der Waals surface area contributed by atoms with Gasteiger partial charge in [0.15, 0.2) is 5.69 Å². The van der Waals surface area contributed by atoms with Crippen molar-refractivity contribution in [1.29, 1.82) is 0 Å². The van der Waals surface area contributed by atoms with E-state index in [2.05, 4.69) is 21.0 Å². The van der Waals surface area contributed by atoms with E-state index < -0.39 is 5.91 Å². The maximum Gasteiger partial charge on any atom is 0.290 e. The van der Waals surface area contributed by atoms with E-state index in [4.69, 9.17) is 0 Å². The smallest absolute Gasteiger partial charge is 0.273 e. The van der Waals surface area contributed by atoms with Crippen LogP contribution in [0.1, 0.15) is 42.6 Å². The molecule has 2 aliphatic carbocycles. The first-order valence-electron chi connectivity index (χ1n) is 8.68. The second-order valence-corrected chi connectivity index (χ2v) is 7.09. The first-order valence-corrected chi connectivity index (χ1v) is 8.68. The minimum Gasteiger partial charge on any atom is -0.273 e. The molecule has 2 aliphatic rings. The van der Waals surface area contributed by atoms with Gasteiger partial charge in [-0.1, -0.05) is 24.6 Å². The fourth-order valence-electron chi connectivity index (χ4n) is 4.39. The molecule has 2 amide bonds. The highest BCUT2D eigenvalue weighted by molar-refractivity contribution is 6.05. The number of fused-ring (bicyclic) bond motifs is 3. The van der Waals surface area contributed by atoms with Crippen molar-refractivity contribution in [3.05, 3.63) is 40.3 Å². The highest BCUT2D eigenvalue weighted by Gasteiger charge is 2.40. The van der Waals surface area contributed by atoms with Crippen LogP contribution >= 0.6 is 0 Å². The van der Waals surface area contributed by atoms with Crippen molar-refractivity contribution in [1.82, 2.24) is 21.0 Å². The van der Waals surface area contributed by atoms with E-state index in [1.807, 2.05) is 0 Å². The lowest BCUT2D eigenvalue weighted by atomic mass is 9.86. The fourth-order valence-corrected chi connectivity index (χ4v) is 4.39. The second kappa shape index (κ2) is 6.31. The van der Waals surface area contributed by atoms with E-state index >= 15 is 0 Å². The van der Waals surface area contributed by atoms with E-state index in [1.54, 1.807) is 24.3 Å². The van der Waals surface area contributed by atoms with Crippen LogP contribution in [0.2, 0.25) is 0 Å². The number of carbonyl (C=O) groups excluding carboxylic acids is 2. The SMILES string of the molecule is O=C(C[C@H]1C[C@H]2CC[C@@H]1C2)NNC(=O)c1n[nH]c(=O)c2ccccc12. The van der Waals surface area contributed by atoms with Gasteiger partial charge in [-0.25, -0.2) is 5.10 Å². The van der Waals surface area contributed by atoms with Crippen molar-refractivity contribution in [2.24, 2.45) is 17.8 Å². The molecule has 7 nitrogen and oxygen atoms in total. The number of amides is 2. The standard InChI is InChI=1S/C18H20N4O3/c23-15(9-12-8-10-5-6-11(12)7-10)19-22-18(25)16-13-3-1-2-4-14(13)17(24)21-20-16/h1-4,10-12H,5-9H2,(H,19,23)(H,21,24)(H,22,25)/t10-,11+,12+/m0/s1. The van der Waals surface area contributed by atoms with Crippen molar-refractivity contribution in [2.75, 3.05) is 0 Å². The number of aromatic nitrogens is 2. The third-order valence-corrected chi connectivity index (χ3v) is 5.56. The summed E-state index contributed by atoms with van der Waals surface area (Å²) in [6.45, 7) is 0. The number of rotatable bonds is 3. The number of hydrazine groups is 1. The molecule has 2 aromatic rings. The number of aromatic amines is 1. The summed E-state index contributed by atoms with van der Waals surface area (Å²) in [7, 11) is 0. The van der Waals surface area contributed by atoms with Gasteiger partial charge in [-0.3, -0.25) is 25.2 Å². The molecule has 130 valence electrons. The minimum absolute atomic E-state index is 0.0791. The summed E-state index contributed by atoms with van der Waals surface area (Å²) in [6, 6.07) is 6.73. The molecule has 2 bridgehead atoms. The molecule has 3 N–H and O–H groups in total. The number of hydrogen-bond acceptors (Lipinski definition) is 4. The number of carbonyl (C=O) groups is 2. The Morgan fingerprint density at radius 3 is 2.64 bits per heavy atom. The van der Waals surface area contributed by atoms with Crippen molar-refractivity contribution in [3.63, 3.8) is 0 Å². The lowest BCUT2D eigenvalue weighted by molar-refractivity contribution is -0.123. The van der Waals surface area contributed by atoms with Gasteiger partial charge in [-0.2, -0.15) is 5.10 Å². The third kappa shape index (κ3) is 3.01. The van der Waals surface area contributed by atoms with E-state index in [0.29, 0.717) is 29.0 Å². The molecule has 0 radical (unpaired) electrons. The Balaban J connectivity index is 1.40. The molecule has 1 aromatic carbocycles. The van der Waals surface area contributed by atoms with Gasteiger partial charge in [-0.05, 0) is 43.1 Å². The molecule has 3 atom stereocenters. The van der Waals surface area contributed by atoms with E-state index in [1.165, 1.54) is 19.3 Å². The zero-order valence-corrected chi connectivity index (χ0v) is 13.7. The summed E-state index contributed by atoms with van der Waals surface area (Å²) in [5.41, 5.74) is 4.61. The molecule has 0 saturated heterocycles.